The fraction of sp³-hybridized carbons (Fsp3) is 0.302. The number of hydrogen-bond donors (Lipinski definition) is 0. The van der Waals surface area contributed by atoms with Crippen molar-refractivity contribution < 1.29 is 28.5 Å². The second-order valence-corrected chi connectivity index (χ2v) is 15.1. The van der Waals surface area contributed by atoms with Crippen LogP contribution in [0.25, 0.3) is 0 Å². The summed E-state index contributed by atoms with van der Waals surface area (Å²) in [5, 5.41) is 0. The molecular formula is C43H48O6S2. The molecule has 0 aromatic heterocycles. The number of rotatable bonds is 18. The van der Waals surface area contributed by atoms with Crippen molar-refractivity contribution in [3.05, 3.63) is 144 Å². The first-order valence-electron chi connectivity index (χ1n) is 16.9. The van der Waals surface area contributed by atoms with Crippen molar-refractivity contribution in [2.24, 2.45) is 0 Å². The maximum atomic E-state index is 12.1. The quantitative estimate of drug-likeness (QED) is 0.0571. The molecule has 268 valence electrons. The van der Waals surface area contributed by atoms with Gasteiger partial charge < -0.3 is 18.9 Å². The number of carbonyl (C=O) groups excluding carboxylic acids is 2. The van der Waals surface area contributed by atoms with Crippen molar-refractivity contribution in [1.29, 1.82) is 0 Å². The van der Waals surface area contributed by atoms with E-state index in [1.165, 1.54) is 12.2 Å². The monoisotopic (exact) mass is 724 g/mol. The molecule has 0 spiro atoms. The van der Waals surface area contributed by atoms with Crippen LogP contribution in [0, 0.1) is 27.7 Å². The minimum atomic E-state index is -0.470. The summed E-state index contributed by atoms with van der Waals surface area (Å²) in [6, 6.07) is 28.7. The van der Waals surface area contributed by atoms with Crippen LogP contribution in [0.3, 0.4) is 0 Å². The minimum absolute atomic E-state index is 0.224. The minimum Gasteiger partial charge on any atom is -0.489 e. The molecule has 4 aromatic carbocycles. The van der Waals surface area contributed by atoms with Crippen LogP contribution in [0.5, 0.6) is 11.5 Å². The van der Waals surface area contributed by atoms with Crippen molar-refractivity contribution in [2.75, 3.05) is 24.7 Å². The van der Waals surface area contributed by atoms with E-state index in [-0.39, 0.29) is 18.6 Å². The molecule has 51 heavy (non-hydrogen) atoms. The predicted molar refractivity (Wildman–Crippen MR) is 209 cm³/mol. The Balaban J connectivity index is 1.47. The second kappa shape index (κ2) is 18.7. The van der Waals surface area contributed by atoms with Crippen LogP contribution < -0.4 is 9.47 Å². The van der Waals surface area contributed by atoms with Crippen LogP contribution in [0.15, 0.2) is 120 Å². The molecule has 0 heterocycles. The van der Waals surface area contributed by atoms with Gasteiger partial charge in [-0.3, -0.25) is 0 Å². The number of carbonyl (C=O) groups is 2. The summed E-state index contributed by atoms with van der Waals surface area (Å²) < 4.78 is 23.9. The molecule has 4 rings (SSSR count). The molecule has 4 aromatic rings. The van der Waals surface area contributed by atoms with Gasteiger partial charge in [0.25, 0.3) is 0 Å². The van der Waals surface area contributed by atoms with Gasteiger partial charge in [-0.25, -0.2) is 9.59 Å². The Hall–Kier alpha value is -4.40. The average Bonchev–Trinajstić information content (AvgIpc) is 3.12. The maximum Gasteiger partial charge on any atom is 0.330 e. The summed E-state index contributed by atoms with van der Waals surface area (Å²) in [6.45, 7) is 20.2. The standard InChI is InChI=1S/C43H48O6S2/c1-9-39(44)48-35(27-50-37-17-13-11-14-18-37)25-46-41-29(3)21-33(22-30(41)4)43(7,8)34-23-31(5)42(32(6)24-34)47-26-36(49-40(45)10-2)28-51-38-19-15-12-16-20-38/h9-24,35-36H,1-2,25-28H2,3-8H3. The molecule has 0 aliphatic carbocycles. The first-order chi connectivity index (χ1) is 24.4. The zero-order valence-electron chi connectivity index (χ0n) is 30.4. The van der Waals surface area contributed by atoms with E-state index >= 15 is 0 Å². The van der Waals surface area contributed by atoms with Crippen LogP contribution in [-0.4, -0.2) is 48.9 Å². The zero-order valence-corrected chi connectivity index (χ0v) is 32.0. The van der Waals surface area contributed by atoms with E-state index in [4.69, 9.17) is 18.9 Å². The predicted octanol–water partition coefficient (Wildman–Crippen LogP) is 9.78. The Morgan fingerprint density at radius 3 is 1.27 bits per heavy atom. The Morgan fingerprint density at radius 2 is 0.961 bits per heavy atom. The van der Waals surface area contributed by atoms with E-state index in [1.807, 2.05) is 88.4 Å². The molecule has 0 saturated carbocycles. The Labute approximate surface area is 311 Å². The Morgan fingerprint density at radius 1 is 0.627 bits per heavy atom. The van der Waals surface area contributed by atoms with Gasteiger partial charge in [0.15, 0.2) is 0 Å². The first-order valence-corrected chi connectivity index (χ1v) is 18.9. The summed E-state index contributed by atoms with van der Waals surface area (Å²) in [5.74, 6) is 1.74. The molecule has 0 fully saturated rings. The molecule has 0 bridgehead atoms. The van der Waals surface area contributed by atoms with Gasteiger partial charge in [0, 0.05) is 38.9 Å². The lowest BCUT2D eigenvalue weighted by molar-refractivity contribution is -0.144. The summed E-state index contributed by atoms with van der Waals surface area (Å²) in [6.07, 6.45) is 1.46. The lowest BCUT2D eigenvalue weighted by Gasteiger charge is -2.29. The van der Waals surface area contributed by atoms with E-state index in [0.29, 0.717) is 11.5 Å². The third kappa shape index (κ3) is 11.3. The van der Waals surface area contributed by atoms with Gasteiger partial charge in [0.1, 0.15) is 36.9 Å². The molecule has 0 aliphatic heterocycles. The molecule has 0 saturated heterocycles. The lowest BCUT2D eigenvalue weighted by Crippen LogP contribution is -2.27. The highest BCUT2D eigenvalue weighted by atomic mass is 32.2. The van der Waals surface area contributed by atoms with Gasteiger partial charge >= 0.3 is 11.9 Å². The van der Waals surface area contributed by atoms with Gasteiger partial charge in [-0.15, -0.1) is 23.5 Å². The van der Waals surface area contributed by atoms with Crippen molar-refractivity contribution in [3.8, 4) is 11.5 Å². The van der Waals surface area contributed by atoms with Crippen molar-refractivity contribution in [3.63, 3.8) is 0 Å². The van der Waals surface area contributed by atoms with E-state index in [1.54, 1.807) is 23.5 Å². The van der Waals surface area contributed by atoms with Crippen LogP contribution in [0.4, 0.5) is 0 Å². The number of aryl methyl sites for hydroxylation is 4. The molecule has 2 atom stereocenters. The van der Waals surface area contributed by atoms with Crippen molar-refractivity contribution in [2.45, 2.75) is 69.0 Å². The molecule has 8 heteroatoms. The summed E-state index contributed by atoms with van der Waals surface area (Å²) in [5.41, 5.74) is 6.00. The number of hydrogen-bond acceptors (Lipinski definition) is 8. The first kappa shape index (κ1) is 39.4. The SMILES string of the molecule is C=CC(=O)OC(COc1c(C)cc(C(C)(C)c2cc(C)c(OCC(CSc3ccccc3)OC(=O)C=C)c(C)c2)cc1C)CSc1ccccc1. The molecule has 0 radical (unpaired) electrons. The van der Waals surface area contributed by atoms with Crippen LogP contribution in [-0.2, 0) is 24.5 Å². The highest BCUT2D eigenvalue weighted by Crippen LogP contribution is 2.39. The molecular weight excluding hydrogens is 677 g/mol. The van der Waals surface area contributed by atoms with E-state index in [0.717, 1.165) is 54.7 Å². The smallest absolute Gasteiger partial charge is 0.330 e. The number of thioether (sulfide) groups is 2. The van der Waals surface area contributed by atoms with Crippen LogP contribution >= 0.6 is 23.5 Å². The summed E-state index contributed by atoms with van der Waals surface area (Å²) in [4.78, 5) is 26.4. The molecule has 0 N–H and O–H groups in total. The van der Waals surface area contributed by atoms with Crippen molar-refractivity contribution >= 4 is 35.5 Å². The van der Waals surface area contributed by atoms with Gasteiger partial charge in [-0.1, -0.05) is 87.7 Å². The third-order valence-electron chi connectivity index (χ3n) is 8.45. The van der Waals surface area contributed by atoms with Crippen molar-refractivity contribution in [1.82, 2.24) is 0 Å². The summed E-state index contributed by atoms with van der Waals surface area (Å²) >= 11 is 3.23. The highest BCUT2D eigenvalue weighted by molar-refractivity contribution is 7.99. The fourth-order valence-electron chi connectivity index (χ4n) is 5.67. The lowest BCUT2D eigenvalue weighted by atomic mass is 9.76. The topological polar surface area (TPSA) is 71.1 Å². The largest absolute Gasteiger partial charge is 0.489 e. The zero-order chi connectivity index (χ0) is 37.0. The second-order valence-electron chi connectivity index (χ2n) is 12.9. The van der Waals surface area contributed by atoms with Gasteiger partial charge in [0.05, 0.1) is 0 Å². The van der Waals surface area contributed by atoms with Crippen LogP contribution in [0.1, 0.15) is 47.2 Å². The number of ether oxygens (including phenoxy) is 4. The fourth-order valence-corrected chi connectivity index (χ4v) is 7.45. The maximum absolute atomic E-state index is 12.1. The normalized spacial score (nSPS) is 12.4. The van der Waals surface area contributed by atoms with Gasteiger partial charge in [0.2, 0.25) is 0 Å². The Bertz CT molecular complexity index is 1630. The molecule has 0 amide bonds. The van der Waals surface area contributed by atoms with Crippen LogP contribution in [0.2, 0.25) is 0 Å². The van der Waals surface area contributed by atoms with Gasteiger partial charge in [-0.2, -0.15) is 0 Å². The molecule has 0 aliphatic rings. The summed E-state index contributed by atoms with van der Waals surface area (Å²) in [7, 11) is 0. The Kier molecular flexibility index (Phi) is 14.5. The van der Waals surface area contributed by atoms with Gasteiger partial charge in [-0.05, 0) is 85.3 Å². The highest BCUT2D eigenvalue weighted by Gasteiger charge is 2.27. The average molecular weight is 725 g/mol. The molecule has 2 unspecified atom stereocenters. The van der Waals surface area contributed by atoms with E-state index in [9.17, 15) is 9.59 Å². The third-order valence-corrected chi connectivity index (χ3v) is 10.7. The van der Waals surface area contributed by atoms with E-state index in [2.05, 4.69) is 51.3 Å². The number of esters is 2. The molecule has 6 nitrogen and oxygen atoms in total. The van der Waals surface area contributed by atoms with E-state index < -0.39 is 24.1 Å². The number of benzene rings is 4.